The zero-order chi connectivity index (χ0) is 14.8. The maximum absolute atomic E-state index is 5.66. The molecule has 3 aromatic rings. The number of nitrogens with zero attached hydrogens (tertiary/aromatic N) is 1. The first-order valence-electron chi connectivity index (χ1n) is 7.15. The molecule has 0 fully saturated rings. The van der Waals surface area contributed by atoms with E-state index in [9.17, 15) is 0 Å². The molecule has 21 heavy (non-hydrogen) atoms. The average molecular weight is 280 g/mol. The second-order valence-electron chi connectivity index (χ2n) is 5.27. The van der Waals surface area contributed by atoms with Crippen LogP contribution in [0.3, 0.4) is 0 Å². The van der Waals surface area contributed by atoms with E-state index in [1.807, 2.05) is 6.07 Å². The Morgan fingerprint density at radius 3 is 2.71 bits per heavy atom. The first-order valence-corrected chi connectivity index (χ1v) is 7.15. The summed E-state index contributed by atoms with van der Waals surface area (Å²) in [5.74, 6) is 0.894. The molecule has 3 heteroatoms. The largest absolute Gasteiger partial charge is 0.496 e. The van der Waals surface area contributed by atoms with Crippen LogP contribution in [-0.2, 0) is 13.5 Å². The van der Waals surface area contributed by atoms with Crippen LogP contribution >= 0.6 is 0 Å². The Labute approximate surface area is 125 Å². The van der Waals surface area contributed by atoms with Gasteiger partial charge < -0.3 is 15.0 Å². The average Bonchev–Trinajstić information content (AvgIpc) is 2.88. The number of hydrogen-bond donors (Lipinski definition) is 1. The lowest BCUT2D eigenvalue weighted by atomic mass is 9.99. The highest BCUT2D eigenvalue weighted by Crippen LogP contribution is 2.33. The summed E-state index contributed by atoms with van der Waals surface area (Å²) in [6.07, 6.45) is 2.96. The van der Waals surface area contributed by atoms with E-state index in [2.05, 4.69) is 54.2 Å². The van der Waals surface area contributed by atoms with Gasteiger partial charge in [-0.25, -0.2) is 0 Å². The minimum absolute atomic E-state index is 0.656. The lowest BCUT2D eigenvalue weighted by Gasteiger charge is -2.11. The van der Waals surface area contributed by atoms with Gasteiger partial charge in [-0.15, -0.1) is 0 Å². The van der Waals surface area contributed by atoms with Gasteiger partial charge in [0.2, 0.25) is 0 Å². The summed E-state index contributed by atoms with van der Waals surface area (Å²) in [4.78, 5) is 0. The Kier molecular flexibility index (Phi) is 3.67. The molecule has 3 rings (SSSR count). The number of fused-ring (bicyclic) bond motifs is 1. The monoisotopic (exact) mass is 280 g/mol. The van der Waals surface area contributed by atoms with Crippen LogP contribution in [0.4, 0.5) is 0 Å². The van der Waals surface area contributed by atoms with Crippen LogP contribution < -0.4 is 10.5 Å². The van der Waals surface area contributed by atoms with Gasteiger partial charge in [0.1, 0.15) is 5.75 Å². The minimum Gasteiger partial charge on any atom is -0.496 e. The zero-order valence-electron chi connectivity index (χ0n) is 12.5. The first kappa shape index (κ1) is 13.7. The maximum atomic E-state index is 5.66. The van der Waals surface area contributed by atoms with Crippen molar-refractivity contribution in [3.05, 3.63) is 54.2 Å². The third-order valence-electron chi connectivity index (χ3n) is 3.89. The van der Waals surface area contributed by atoms with E-state index in [0.29, 0.717) is 6.54 Å². The molecule has 1 aromatic heterocycles. The van der Waals surface area contributed by atoms with E-state index in [1.165, 1.54) is 22.0 Å². The van der Waals surface area contributed by atoms with Gasteiger partial charge >= 0.3 is 0 Å². The molecular weight excluding hydrogens is 260 g/mol. The third-order valence-corrected chi connectivity index (χ3v) is 3.89. The smallest absolute Gasteiger partial charge is 0.126 e. The molecular formula is C18H20N2O. The third kappa shape index (κ3) is 2.52. The fraction of sp³-hybridized carbons (Fsp3) is 0.222. The molecule has 0 atom stereocenters. The molecule has 108 valence electrons. The highest BCUT2D eigenvalue weighted by Gasteiger charge is 2.08. The normalized spacial score (nSPS) is 11.0. The highest BCUT2D eigenvalue weighted by atomic mass is 16.5. The van der Waals surface area contributed by atoms with Gasteiger partial charge in [-0.05, 0) is 54.4 Å². The number of methoxy groups -OCH3 is 1. The van der Waals surface area contributed by atoms with E-state index in [-0.39, 0.29) is 0 Å². The first-order chi connectivity index (χ1) is 10.2. The van der Waals surface area contributed by atoms with Gasteiger partial charge in [0.15, 0.2) is 0 Å². The summed E-state index contributed by atoms with van der Waals surface area (Å²) in [6.45, 7) is 0.656. The number of nitrogens with two attached hydrogens (primary N) is 1. The summed E-state index contributed by atoms with van der Waals surface area (Å²) in [5.41, 5.74) is 10.4. The second kappa shape index (κ2) is 5.62. The molecule has 0 amide bonds. The molecule has 0 aliphatic rings. The lowest BCUT2D eigenvalue weighted by Crippen LogP contribution is -2.03. The van der Waals surface area contributed by atoms with Crippen LogP contribution in [0.1, 0.15) is 5.56 Å². The maximum Gasteiger partial charge on any atom is 0.126 e. The van der Waals surface area contributed by atoms with Crippen LogP contribution in [0, 0.1) is 0 Å². The van der Waals surface area contributed by atoms with Crippen LogP contribution in [-0.4, -0.2) is 18.2 Å². The van der Waals surface area contributed by atoms with Crippen LogP contribution in [0.2, 0.25) is 0 Å². The highest BCUT2D eigenvalue weighted by molar-refractivity contribution is 5.87. The van der Waals surface area contributed by atoms with Crippen LogP contribution in [0.25, 0.3) is 22.0 Å². The molecule has 1 heterocycles. The van der Waals surface area contributed by atoms with Crippen molar-refractivity contribution in [3.63, 3.8) is 0 Å². The predicted molar refractivity (Wildman–Crippen MR) is 87.7 cm³/mol. The van der Waals surface area contributed by atoms with E-state index in [4.69, 9.17) is 10.5 Å². The van der Waals surface area contributed by atoms with Crippen molar-refractivity contribution in [2.75, 3.05) is 13.7 Å². The molecule has 0 aliphatic heterocycles. The van der Waals surface area contributed by atoms with Crippen molar-refractivity contribution in [3.8, 4) is 16.9 Å². The Hall–Kier alpha value is -2.26. The van der Waals surface area contributed by atoms with E-state index >= 15 is 0 Å². The van der Waals surface area contributed by atoms with Crippen molar-refractivity contribution < 1.29 is 4.74 Å². The molecule has 2 N–H and O–H groups in total. The summed E-state index contributed by atoms with van der Waals surface area (Å²) >= 11 is 0. The van der Waals surface area contributed by atoms with Crippen LogP contribution in [0.5, 0.6) is 5.75 Å². The summed E-state index contributed by atoms with van der Waals surface area (Å²) in [6, 6.07) is 14.9. The quantitative estimate of drug-likeness (QED) is 0.796. The minimum atomic E-state index is 0.656. The van der Waals surface area contributed by atoms with Gasteiger partial charge in [-0.2, -0.15) is 0 Å². The van der Waals surface area contributed by atoms with Crippen molar-refractivity contribution >= 4 is 10.9 Å². The SMILES string of the molecule is COc1ccc(CCN)cc1-c1ccc2c(ccn2C)c1. The standard InChI is InChI=1S/C18H20N2O/c1-20-10-8-15-12-14(4-5-17(15)20)16-11-13(7-9-19)3-6-18(16)21-2/h3-6,8,10-12H,7,9,19H2,1-2H3. The van der Waals surface area contributed by atoms with Gasteiger partial charge in [0.25, 0.3) is 0 Å². The summed E-state index contributed by atoms with van der Waals surface area (Å²) < 4.78 is 7.64. The molecule has 0 radical (unpaired) electrons. The number of aromatic nitrogens is 1. The lowest BCUT2D eigenvalue weighted by molar-refractivity contribution is 0.416. The summed E-state index contributed by atoms with van der Waals surface area (Å²) in [5, 5.41) is 1.24. The van der Waals surface area contributed by atoms with Crippen LogP contribution in [0.15, 0.2) is 48.7 Å². The fourth-order valence-electron chi connectivity index (χ4n) is 2.75. The molecule has 0 saturated carbocycles. The predicted octanol–water partition coefficient (Wildman–Crippen LogP) is 3.36. The molecule has 2 aromatic carbocycles. The molecule has 0 bridgehead atoms. The number of aryl methyl sites for hydroxylation is 1. The topological polar surface area (TPSA) is 40.2 Å². The van der Waals surface area contributed by atoms with Gasteiger partial charge in [-0.3, -0.25) is 0 Å². The number of ether oxygens (including phenoxy) is 1. The number of hydrogen-bond acceptors (Lipinski definition) is 2. The molecule has 0 spiro atoms. The van der Waals surface area contributed by atoms with E-state index < -0.39 is 0 Å². The van der Waals surface area contributed by atoms with Gasteiger partial charge in [0, 0.05) is 29.7 Å². The Morgan fingerprint density at radius 1 is 1.10 bits per heavy atom. The Morgan fingerprint density at radius 2 is 1.95 bits per heavy atom. The van der Waals surface area contributed by atoms with Gasteiger partial charge in [0.05, 0.1) is 7.11 Å². The van der Waals surface area contributed by atoms with E-state index in [0.717, 1.165) is 17.7 Å². The van der Waals surface area contributed by atoms with E-state index in [1.54, 1.807) is 7.11 Å². The number of rotatable bonds is 4. The Balaban J connectivity index is 2.13. The molecule has 0 saturated heterocycles. The van der Waals surface area contributed by atoms with Crippen molar-refractivity contribution in [2.24, 2.45) is 12.8 Å². The number of benzene rings is 2. The van der Waals surface area contributed by atoms with Crippen molar-refractivity contribution in [2.45, 2.75) is 6.42 Å². The molecule has 0 aliphatic carbocycles. The Bertz CT molecular complexity index is 774. The zero-order valence-corrected chi connectivity index (χ0v) is 12.5. The molecule has 3 nitrogen and oxygen atoms in total. The van der Waals surface area contributed by atoms with Gasteiger partial charge in [-0.1, -0.05) is 12.1 Å². The summed E-state index contributed by atoms with van der Waals surface area (Å²) in [7, 11) is 3.77. The van der Waals surface area contributed by atoms with Crippen molar-refractivity contribution in [1.29, 1.82) is 0 Å². The second-order valence-corrected chi connectivity index (χ2v) is 5.27. The fourth-order valence-corrected chi connectivity index (χ4v) is 2.75. The molecule has 0 unspecified atom stereocenters. The van der Waals surface area contributed by atoms with Crippen molar-refractivity contribution in [1.82, 2.24) is 4.57 Å².